The molecule has 0 aliphatic rings. The van der Waals surface area contributed by atoms with Crippen LogP contribution in [0.4, 0.5) is 5.82 Å². The highest BCUT2D eigenvalue weighted by Crippen LogP contribution is 2.18. The van der Waals surface area contributed by atoms with Crippen molar-refractivity contribution >= 4 is 21.7 Å². The Bertz CT molecular complexity index is 283. The molecule has 1 aromatic rings. The molecule has 4 heteroatoms. The van der Waals surface area contributed by atoms with Crippen LogP contribution in [0.5, 0.6) is 0 Å². The van der Waals surface area contributed by atoms with Crippen molar-refractivity contribution in [1.82, 2.24) is 9.78 Å². The number of hydrogen-bond acceptors (Lipinski definition) is 2. The lowest BCUT2D eigenvalue weighted by Crippen LogP contribution is -2.04. The molecule has 0 saturated carbocycles. The maximum atomic E-state index is 5.82. The van der Waals surface area contributed by atoms with E-state index < -0.39 is 0 Å². The number of hydrogen-bond donors (Lipinski definition) is 1. The Balaban J connectivity index is 2.12. The van der Waals surface area contributed by atoms with Crippen LogP contribution in [0.2, 0.25) is 0 Å². The van der Waals surface area contributed by atoms with Gasteiger partial charge in [0.05, 0.1) is 10.7 Å². The van der Waals surface area contributed by atoms with Gasteiger partial charge in [0.2, 0.25) is 0 Å². The minimum atomic E-state index is 0.739. The average molecular weight is 274 g/mol. The van der Waals surface area contributed by atoms with E-state index in [1.54, 1.807) is 6.20 Å². The second-order valence-electron chi connectivity index (χ2n) is 3.87. The van der Waals surface area contributed by atoms with Gasteiger partial charge in [0.15, 0.2) is 0 Å². The lowest BCUT2D eigenvalue weighted by Gasteiger charge is -2.04. The van der Waals surface area contributed by atoms with E-state index in [1.807, 2.05) is 4.68 Å². The van der Waals surface area contributed by atoms with Crippen LogP contribution in [-0.4, -0.2) is 9.78 Å². The minimum Gasteiger partial charge on any atom is -0.383 e. The third kappa shape index (κ3) is 4.24. The Labute approximate surface area is 100 Å². The number of rotatable bonds is 7. The molecule has 0 aromatic carbocycles. The molecule has 0 radical (unpaired) electrons. The van der Waals surface area contributed by atoms with Crippen molar-refractivity contribution in [2.45, 2.75) is 52.0 Å². The second kappa shape index (κ2) is 6.88. The molecule has 0 bridgehead atoms. The summed E-state index contributed by atoms with van der Waals surface area (Å²) in [6.07, 6.45) is 9.55. The van der Waals surface area contributed by atoms with E-state index in [2.05, 4.69) is 28.0 Å². The number of halogens is 1. The minimum absolute atomic E-state index is 0.739. The molecule has 1 aromatic heterocycles. The topological polar surface area (TPSA) is 43.8 Å². The van der Waals surface area contributed by atoms with Gasteiger partial charge in [0.1, 0.15) is 5.82 Å². The normalized spacial score (nSPS) is 10.8. The second-order valence-corrected chi connectivity index (χ2v) is 4.72. The summed E-state index contributed by atoms with van der Waals surface area (Å²) in [7, 11) is 0. The van der Waals surface area contributed by atoms with E-state index in [-0.39, 0.29) is 0 Å². The van der Waals surface area contributed by atoms with Crippen LogP contribution in [-0.2, 0) is 6.54 Å². The fraction of sp³-hybridized carbons (Fsp3) is 0.727. The molecule has 0 atom stereocenters. The largest absolute Gasteiger partial charge is 0.383 e. The summed E-state index contributed by atoms with van der Waals surface area (Å²) in [5.74, 6) is 0.739. The van der Waals surface area contributed by atoms with Gasteiger partial charge in [0, 0.05) is 6.54 Å². The first-order chi connectivity index (χ1) is 7.25. The number of nitrogen functional groups attached to an aromatic ring is 1. The summed E-state index contributed by atoms with van der Waals surface area (Å²) in [6, 6.07) is 0. The van der Waals surface area contributed by atoms with E-state index in [0.717, 1.165) is 16.8 Å². The molecule has 0 saturated heterocycles. The quantitative estimate of drug-likeness (QED) is 0.772. The lowest BCUT2D eigenvalue weighted by atomic mass is 10.1. The summed E-state index contributed by atoms with van der Waals surface area (Å²) in [5, 5.41) is 4.19. The zero-order valence-electron chi connectivity index (χ0n) is 9.38. The summed E-state index contributed by atoms with van der Waals surface area (Å²) < 4.78 is 2.76. The predicted octanol–water partition coefficient (Wildman–Crippen LogP) is 3.59. The Morgan fingerprint density at radius 3 is 2.53 bits per heavy atom. The maximum Gasteiger partial charge on any atom is 0.136 e. The highest BCUT2D eigenvalue weighted by molar-refractivity contribution is 9.10. The van der Waals surface area contributed by atoms with E-state index in [0.29, 0.717) is 0 Å². The molecular weight excluding hydrogens is 254 g/mol. The van der Waals surface area contributed by atoms with Gasteiger partial charge < -0.3 is 5.73 Å². The van der Waals surface area contributed by atoms with Crippen LogP contribution in [0.15, 0.2) is 10.7 Å². The predicted molar refractivity (Wildman–Crippen MR) is 67.7 cm³/mol. The van der Waals surface area contributed by atoms with Crippen molar-refractivity contribution in [1.29, 1.82) is 0 Å². The average Bonchev–Trinajstić information content (AvgIpc) is 2.54. The van der Waals surface area contributed by atoms with Crippen LogP contribution in [0.3, 0.4) is 0 Å². The monoisotopic (exact) mass is 273 g/mol. The molecule has 0 amide bonds. The van der Waals surface area contributed by atoms with E-state index in [1.165, 1.54) is 38.5 Å². The number of nitrogens with two attached hydrogens (primary N) is 1. The fourth-order valence-corrected chi connectivity index (χ4v) is 1.89. The smallest absolute Gasteiger partial charge is 0.136 e. The van der Waals surface area contributed by atoms with Crippen LogP contribution in [0, 0.1) is 0 Å². The zero-order chi connectivity index (χ0) is 11.1. The summed E-state index contributed by atoms with van der Waals surface area (Å²) in [4.78, 5) is 0. The Morgan fingerprint density at radius 2 is 1.93 bits per heavy atom. The van der Waals surface area contributed by atoms with Crippen molar-refractivity contribution in [3.63, 3.8) is 0 Å². The van der Waals surface area contributed by atoms with Gasteiger partial charge in [-0.3, -0.25) is 0 Å². The third-order valence-corrected chi connectivity index (χ3v) is 3.17. The molecular formula is C11H20BrN3. The summed E-state index contributed by atoms with van der Waals surface area (Å²) in [5.41, 5.74) is 5.82. The van der Waals surface area contributed by atoms with E-state index in [9.17, 15) is 0 Å². The van der Waals surface area contributed by atoms with Gasteiger partial charge in [-0.05, 0) is 22.4 Å². The lowest BCUT2D eigenvalue weighted by molar-refractivity contribution is 0.532. The molecule has 0 spiro atoms. The Kier molecular flexibility index (Phi) is 5.76. The molecule has 3 nitrogen and oxygen atoms in total. The molecule has 0 fully saturated rings. The first kappa shape index (κ1) is 12.6. The van der Waals surface area contributed by atoms with Gasteiger partial charge >= 0.3 is 0 Å². The van der Waals surface area contributed by atoms with E-state index >= 15 is 0 Å². The summed E-state index contributed by atoms with van der Waals surface area (Å²) >= 11 is 3.35. The number of aryl methyl sites for hydroxylation is 1. The first-order valence-electron chi connectivity index (χ1n) is 5.72. The van der Waals surface area contributed by atoms with Gasteiger partial charge in [-0.2, -0.15) is 5.10 Å². The van der Waals surface area contributed by atoms with Crippen molar-refractivity contribution in [2.75, 3.05) is 5.73 Å². The Morgan fingerprint density at radius 1 is 1.27 bits per heavy atom. The standard InChI is InChI=1S/C11H20BrN3/c1-2-3-4-5-6-7-8-15-11(13)10(12)9-14-15/h9H,2-8,13H2,1H3. The fourth-order valence-electron chi connectivity index (χ4n) is 1.59. The molecule has 2 N–H and O–H groups in total. The van der Waals surface area contributed by atoms with Gasteiger partial charge in [-0.25, -0.2) is 4.68 Å². The van der Waals surface area contributed by atoms with E-state index in [4.69, 9.17) is 5.73 Å². The van der Waals surface area contributed by atoms with Crippen molar-refractivity contribution in [3.05, 3.63) is 10.7 Å². The highest BCUT2D eigenvalue weighted by atomic mass is 79.9. The highest BCUT2D eigenvalue weighted by Gasteiger charge is 2.02. The van der Waals surface area contributed by atoms with Gasteiger partial charge in [0.25, 0.3) is 0 Å². The number of anilines is 1. The maximum absolute atomic E-state index is 5.82. The SMILES string of the molecule is CCCCCCCCn1ncc(Br)c1N. The molecule has 0 aliphatic carbocycles. The van der Waals surface area contributed by atoms with Crippen LogP contribution >= 0.6 is 15.9 Å². The van der Waals surface area contributed by atoms with Crippen molar-refractivity contribution in [3.8, 4) is 0 Å². The zero-order valence-corrected chi connectivity index (χ0v) is 11.0. The number of aromatic nitrogens is 2. The number of unbranched alkanes of at least 4 members (excludes halogenated alkanes) is 5. The Hall–Kier alpha value is -0.510. The van der Waals surface area contributed by atoms with Crippen molar-refractivity contribution in [2.24, 2.45) is 0 Å². The van der Waals surface area contributed by atoms with Gasteiger partial charge in [-0.15, -0.1) is 0 Å². The summed E-state index contributed by atoms with van der Waals surface area (Å²) in [6.45, 7) is 3.17. The molecule has 86 valence electrons. The van der Waals surface area contributed by atoms with Crippen LogP contribution in [0.25, 0.3) is 0 Å². The molecule has 1 heterocycles. The third-order valence-electron chi connectivity index (χ3n) is 2.56. The van der Waals surface area contributed by atoms with Crippen LogP contribution in [0.1, 0.15) is 45.4 Å². The van der Waals surface area contributed by atoms with Crippen LogP contribution < -0.4 is 5.73 Å². The number of nitrogens with zero attached hydrogens (tertiary/aromatic N) is 2. The van der Waals surface area contributed by atoms with Crippen molar-refractivity contribution < 1.29 is 0 Å². The van der Waals surface area contributed by atoms with Gasteiger partial charge in [-0.1, -0.05) is 39.0 Å². The first-order valence-corrected chi connectivity index (χ1v) is 6.51. The molecule has 0 unspecified atom stereocenters. The molecule has 0 aliphatic heterocycles. The molecule has 15 heavy (non-hydrogen) atoms. The molecule has 1 rings (SSSR count).